The van der Waals surface area contributed by atoms with Crippen LogP contribution in [0.5, 0.6) is 5.75 Å². The van der Waals surface area contributed by atoms with Crippen LogP contribution in [0.15, 0.2) is 60.8 Å². The maximum Gasteiger partial charge on any atom is 0.342 e. The van der Waals surface area contributed by atoms with Gasteiger partial charge in [0.05, 0.1) is 0 Å². The molecule has 0 saturated heterocycles. The number of allylic oxidation sites excluding steroid dienone is 1. The van der Waals surface area contributed by atoms with Crippen LogP contribution in [0.2, 0.25) is 5.02 Å². The molecule has 0 amide bonds. The number of nitrogens with zero attached hydrogens (tertiary/aromatic N) is 3. The van der Waals surface area contributed by atoms with Gasteiger partial charge in [-0.05, 0) is 53.0 Å². The zero-order valence-electron chi connectivity index (χ0n) is 15.6. The lowest BCUT2D eigenvalue weighted by Gasteiger charge is -2.07. The summed E-state index contributed by atoms with van der Waals surface area (Å²) >= 11 is 6.07. The number of halogens is 1. The number of aryl methyl sites for hydroxylation is 1. The van der Waals surface area contributed by atoms with Crippen LogP contribution in [-0.4, -0.2) is 26.9 Å². The Morgan fingerprint density at radius 3 is 2.66 bits per heavy atom. The first-order chi connectivity index (χ1) is 14.0. The fourth-order valence-electron chi connectivity index (χ4n) is 2.72. The van der Waals surface area contributed by atoms with Crippen LogP contribution in [-0.2, 0) is 6.54 Å². The maximum absolute atomic E-state index is 12.3. The zero-order valence-corrected chi connectivity index (χ0v) is 16.4. The van der Waals surface area contributed by atoms with Gasteiger partial charge in [0.2, 0.25) is 0 Å². The SMILES string of the molecule is Cc1ncc([N+](=O)[O-])n1CCOc1ccc(C(=O)/C=C/c2ccccc2Cl)cc1. The second-order valence-corrected chi connectivity index (χ2v) is 6.57. The first kappa shape index (κ1) is 20.3. The van der Waals surface area contributed by atoms with Crippen molar-refractivity contribution in [3.8, 4) is 5.75 Å². The van der Waals surface area contributed by atoms with Crippen LogP contribution in [0.25, 0.3) is 6.08 Å². The molecule has 0 aliphatic heterocycles. The second kappa shape index (κ2) is 9.16. The number of imidazole rings is 1. The van der Waals surface area contributed by atoms with Gasteiger partial charge in [-0.3, -0.25) is 4.79 Å². The molecule has 0 spiro atoms. The topological polar surface area (TPSA) is 87.3 Å². The molecule has 0 unspecified atom stereocenters. The van der Waals surface area contributed by atoms with Crippen molar-refractivity contribution < 1.29 is 14.5 Å². The number of benzene rings is 2. The standard InChI is InChI=1S/C21H18ClN3O4/c1-15-23-14-21(25(27)28)24(15)12-13-29-18-9-6-17(7-10-18)20(26)11-8-16-4-2-3-5-19(16)22/h2-11,14H,12-13H2,1H3/b11-8+. The van der Waals surface area contributed by atoms with Crippen LogP contribution < -0.4 is 4.74 Å². The molecule has 0 fully saturated rings. The number of carbonyl (C=O) groups is 1. The smallest absolute Gasteiger partial charge is 0.342 e. The highest BCUT2D eigenvalue weighted by Crippen LogP contribution is 2.18. The van der Waals surface area contributed by atoms with Crippen LogP contribution in [0.1, 0.15) is 21.7 Å². The summed E-state index contributed by atoms with van der Waals surface area (Å²) in [7, 11) is 0. The first-order valence-corrected chi connectivity index (χ1v) is 9.20. The summed E-state index contributed by atoms with van der Waals surface area (Å²) in [6.45, 7) is 2.23. The van der Waals surface area contributed by atoms with Gasteiger partial charge in [-0.1, -0.05) is 29.8 Å². The number of hydrogen-bond acceptors (Lipinski definition) is 5. The minimum absolute atomic E-state index is 0.0719. The summed E-state index contributed by atoms with van der Waals surface area (Å²) in [5.74, 6) is 0.891. The van der Waals surface area contributed by atoms with E-state index in [1.54, 1.807) is 43.3 Å². The van der Waals surface area contributed by atoms with Crippen molar-refractivity contribution in [3.05, 3.63) is 92.9 Å². The molecule has 1 aromatic heterocycles. The number of aromatic nitrogens is 2. The number of ketones is 1. The van der Waals surface area contributed by atoms with Gasteiger partial charge in [-0.2, -0.15) is 0 Å². The lowest BCUT2D eigenvalue weighted by Crippen LogP contribution is -2.11. The van der Waals surface area contributed by atoms with Gasteiger partial charge in [0.15, 0.2) is 11.6 Å². The average Bonchev–Trinajstić information content (AvgIpc) is 3.08. The average molecular weight is 412 g/mol. The molecule has 7 nitrogen and oxygen atoms in total. The van der Waals surface area contributed by atoms with Gasteiger partial charge in [0.25, 0.3) is 0 Å². The Morgan fingerprint density at radius 1 is 1.24 bits per heavy atom. The maximum atomic E-state index is 12.3. The predicted molar refractivity (Wildman–Crippen MR) is 110 cm³/mol. The Labute approximate surface area is 172 Å². The minimum Gasteiger partial charge on any atom is -0.489 e. The number of hydrogen-bond donors (Lipinski definition) is 0. The molecule has 0 aliphatic carbocycles. The molecule has 148 valence electrons. The fourth-order valence-corrected chi connectivity index (χ4v) is 2.92. The summed E-state index contributed by atoms with van der Waals surface area (Å²) < 4.78 is 7.11. The van der Waals surface area contributed by atoms with E-state index in [-0.39, 0.29) is 18.2 Å². The molecule has 8 heteroatoms. The highest BCUT2D eigenvalue weighted by atomic mass is 35.5. The van der Waals surface area contributed by atoms with Crippen molar-refractivity contribution in [3.63, 3.8) is 0 Å². The molecule has 0 atom stereocenters. The molecular formula is C21H18ClN3O4. The van der Waals surface area contributed by atoms with Crippen LogP contribution in [0.4, 0.5) is 5.82 Å². The van der Waals surface area contributed by atoms with E-state index in [2.05, 4.69) is 4.98 Å². The Morgan fingerprint density at radius 2 is 1.97 bits per heavy atom. The van der Waals surface area contributed by atoms with Gasteiger partial charge in [-0.15, -0.1) is 0 Å². The largest absolute Gasteiger partial charge is 0.489 e. The van der Waals surface area contributed by atoms with Gasteiger partial charge in [0, 0.05) is 17.5 Å². The normalized spacial score (nSPS) is 11.0. The summed E-state index contributed by atoms with van der Waals surface area (Å²) in [5, 5.41) is 11.6. The van der Waals surface area contributed by atoms with E-state index in [9.17, 15) is 14.9 Å². The molecule has 0 radical (unpaired) electrons. The molecule has 0 aliphatic rings. The lowest BCUT2D eigenvalue weighted by molar-refractivity contribution is -0.392. The summed E-state index contributed by atoms with van der Waals surface area (Å²) in [4.78, 5) is 26.8. The summed E-state index contributed by atoms with van der Waals surface area (Å²) in [6.07, 6.45) is 4.37. The molecule has 3 rings (SSSR count). The van der Waals surface area contributed by atoms with Crippen molar-refractivity contribution >= 4 is 29.3 Å². The second-order valence-electron chi connectivity index (χ2n) is 6.16. The predicted octanol–water partition coefficient (Wildman–Crippen LogP) is 4.73. The van der Waals surface area contributed by atoms with Crippen molar-refractivity contribution in [1.29, 1.82) is 0 Å². The monoisotopic (exact) mass is 411 g/mol. The quantitative estimate of drug-likeness (QED) is 0.231. The molecule has 1 heterocycles. The van der Waals surface area contributed by atoms with Gasteiger partial charge in [0.1, 0.15) is 25.1 Å². The molecule has 2 aromatic carbocycles. The van der Waals surface area contributed by atoms with E-state index in [1.807, 2.05) is 18.2 Å². The fraction of sp³-hybridized carbons (Fsp3) is 0.143. The summed E-state index contributed by atoms with van der Waals surface area (Å²) in [6, 6.07) is 14.0. The van der Waals surface area contributed by atoms with Crippen molar-refractivity contribution in [2.24, 2.45) is 0 Å². The van der Waals surface area contributed by atoms with Crippen molar-refractivity contribution in [2.75, 3.05) is 6.61 Å². The number of carbonyl (C=O) groups excluding carboxylic acids is 1. The third-order valence-electron chi connectivity index (χ3n) is 4.26. The zero-order chi connectivity index (χ0) is 20.8. The lowest BCUT2D eigenvalue weighted by atomic mass is 10.1. The van der Waals surface area contributed by atoms with Gasteiger partial charge in [-0.25, -0.2) is 9.55 Å². The Bertz CT molecular complexity index is 1060. The van der Waals surface area contributed by atoms with Crippen molar-refractivity contribution in [1.82, 2.24) is 9.55 Å². The van der Waals surface area contributed by atoms with Crippen LogP contribution >= 0.6 is 11.6 Å². The number of nitro groups is 1. The van der Waals surface area contributed by atoms with Crippen LogP contribution in [0, 0.1) is 17.0 Å². The van der Waals surface area contributed by atoms with Crippen LogP contribution in [0.3, 0.4) is 0 Å². The molecule has 0 bridgehead atoms. The Hall–Kier alpha value is -3.45. The van der Waals surface area contributed by atoms with E-state index < -0.39 is 4.92 Å². The first-order valence-electron chi connectivity index (χ1n) is 8.82. The highest BCUT2D eigenvalue weighted by molar-refractivity contribution is 6.32. The minimum atomic E-state index is -0.476. The number of rotatable bonds is 8. The van der Waals surface area contributed by atoms with E-state index in [0.29, 0.717) is 28.7 Å². The van der Waals surface area contributed by atoms with E-state index in [0.717, 1.165) is 5.56 Å². The van der Waals surface area contributed by atoms with Gasteiger partial charge < -0.3 is 14.9 Å². The molecule has 0 saturated carbocycles. The van der Waals surface area contributed by atoms with E-state index in [1.165, 1.54) is 16.8 Å². The third-order valence-corrected chi connectivity index (χ3v) is 4.61. The highest BCUT2D eigenvalue weighted by Gasteiger charge is 2.16. The van der Waals surface area contributed by atoms with E-state index >= 15 is 0 Å². The molecule has 3 aromatic rings. The molecule has 29 heavy (non-hydrogen) atoms. The van der Waals surface area contributed by atoms with E-state index in [4.69, 9.17) is 16.3 Å². The Kier molecular flexibility index (Phi) is 6.41. The Balaban J connectivity index is 1.58. The molecule has 0 N–H and O–H groups in total. The van der Waals surface area contributed by atoms with Gasteiger partial charge >= 0.3 is 5.82 Å². The summed E-state index contributed by atoms with van der Waals surface area (Å²) in [5.41, 5.74) is 1.29. The van der Waals surface area contributed by atoms with Crippen molar-refractivity contribution in [2.45, 2.75) is 13.5 Å². The third kappa shape index (κ3) is 5.08. The number of ether oxygens (including phenoxy) is 1. The molecular weight excluding hydrogens is 394 g/mol.